The van der Waals surface area contributed by atoms with Crippen molar-refractivity contribution >= 4 is 33.5 Å². The zero-order valence-corrected chi connectivity index (χ0v) is 15.5. The van der Waals surface area contributed by atoms with Gasteiger partial charge >= 0.3 is 5.97 Å². The second-order valence-corrected chi connectivity index (χ2v) is 6.29. The molecule has 0 fully saturated rings. The van der Waals surface area contributed by atoms with E-state index in [2.05, 4.69) is 21.2 Å². The van der Waals surface area contributed by atoms with Crippen LogP contribution in [0.5, 0.6) is 5.75 Å². The van der Waals surface area contributed by atoms with Gasteiger partial charge in [0.1, 0.15) is 5.75 Å². The van der Waals surface area contributed by atoms with Crippen molar-refractivity contribution in [3.63, 3.8) is 0 Å². The lowest BCUT2D eigenvalue weighted by molar-refractivity contribution is -0.147. The van der Waals surface area contributed by atoms with Gasteiger partial charge in [0.2, 0.25) is 0 Å². The summed E-state index contributed by atoms with van der Waals surface area (Å²) in [6.07, 6.45) is 0.733. The first-order valence-electron chi connectivity index (χ1n) is 7.94. The van der Waals surface area contributed by atoms with E-state index < -0.39 is 5.97 Å². The molecule has 0 saturated heterocycles. The Bertz CT molecular complexity index is 719. The third-order valence-electron chi connectivity index (χ3n) is 3.36. The molecule has 0 aliphatic rings. The minimum absolute atomic E-state index is 0.205. The third-order valence-corrected chi connectivity index (χ3v) is 4.21. The van der Waals surface area contributed by atoms with Gasteiger partial charge in [0, 0.05) is 16.6 Å². The van der Waals surface area contributed by atoms with Crippen LogP contribution in [0, 0.1) is 6.92 Å². The van der Waals surface area contributed by atoms with Crippen LogP contribution in [0.4, 0.5) is 5.69 Å². The van der Waals surface area contributed by atoms with Crippen LogP contribution in [-0.4, -0.2) is 25.1 Å². The van der Waals surface area contributed by atoms with Gasteiger partial charge in [-0.25, -0.2) is 0 Å². The maximum atomic E-state index is 11.8. The first-order valence-corrected chi connectivity index (χ1v) is 8.73. The van der Waals surface area contributed by atoms with Gasteiger partial charge in [0.05, 0.1) is 6.61 Å². The van der Waals surface area contributed by atoms with E-state index in [9.17, 15) is 9.59 Å². The molecule has 132 valence electrons. The molecule has 0 heterocycles. The Morgan fingerprint density at radius 3 is 2.60 bits per heavy atom. The highest BCUT2D eigenvalue weighted by Gasteiger charge is 2.08. The number of hydrogen-bond acceptors (Lipinski definition) is 4. The highest BCUT2D eigenvalue weighted by molar-refractivity contribution is 9.10. The Labute approximate surface area is 155 Å². The predicted octanol–water partition coefficient (Wildman–Crippen LogP) is 4.10. The number of rotatable bonds is 8. The van der Waals surface area contributed by atoms with E-state index in [-0.39, 0.29) is 18.9 Å². The SMILES string of the molecule is Cc1ccc(NC(=O)COC(=O)CCCOc2ccccc2)cc1Br. The molecule has 2 aromatic rings. The van der Waals surface area contributed by atoms with Crippen molar-refractivity contribution in [2.75, 3.05) is 18.5 Å². The van der Waals surface area contributed by atoms with E-state index in [1.54, 1.807) is 12.1 Å². The predicted molar refractivity (Wildman–Crippen MR) is 99.6 cm³/mol. The lowest BCUT2D eigenvalue weighted by atomic mass is 10.2. The molecule has 25 heavy (non-hydrogen) atoms. The summed E-state index contributed by atoms with van der Waals surface area (Å²) >= 11 is 3.40. The lowest BCUT2D eigenvalue weighted by Gasteiger charge is -2.08. The smallest absolute Gasteiger partial charge is 0.306 e. The minimum atomic E-state index is -0.420. The number of anilines is 1. The van der Waals surface area contributed by atoms with Gasteiger partial charge in [-0.1, -0.05) is 40.2 Å². The van der Waals surface area contributed by atoms with Crippen LogP contribution in [0.1, 0.15) is 18.4 Å². The molecular formula is C19H20BrNO4. The van der Waals surface area contributed by atoms with Gasteiger partial charge in [-0.05, 0) is 43.2 Å². The number of amides is 1. The van der Waals surface area contributed by atoms with Crippen molar-refractivity contribution in [3.05, 3.63) is 58.6 Å². The average Bonchev–Trinajstić information content (AvgIpc) is 2.61. The fourth-order valence-corrected chi connectivity index (χ4v) is 2.39. The van der Waals surface area contributed by atoms with E-state index in [0.29, 0.717) is 18.7 Å². The Morgan fingerprint density at radius 1 is 1.12 bits per heavy atom. The summed E-state index contributed by atoms with van der Waals surface area (Å²) in [5.41, 5.74) is 1.72. The zero-order chi connectivity index (χ0) is 18.1. The molecule has 5 nitrogen and oxygen atoms in total. The topological polar surface area (TPSA) is 64.6 Å². The molecule has 0 aliphatic carbocycles. The first-order chi connectivity index (χ1) is 12.0. The maximum Gasteiger partial charge on any atom is 0.306 e. The molecule has 6 heteroatoms. The number of ether oxygens (including phenoxy) is 2. The van der Waals surface area contributed by atoms with E-state index in [4.69, 9.17) is 9.47 Å². The number of esters is 1. The van der Waals surface area contributed by atoms with Crippen LogP contribution in [0.3, 0.4) is 0 Å². The number of para-hydroxylation sites is 1. The molecule has 0 radical (unpaired) electrons. The summed E-state index contributed by atoms with van der Waals surface area (Å²) in [6.45, 7) is 2.07. The molecule has 0 aromatic heterocycles. The van der Waals surface area contributed by atoms with Crippen molar-refractivity contribution in [2.24, 2.45) is 0 Å². The van der Waals surface area contributed by atoms with Crippen molar-refractivity contribution in [2.45, 2.75) is 19.8 Å². The van der Waals surface area contributed by atoms with Crippen LogP contribution in [0.25, 0.3) is 0 Å². The van der Waals surface area contributed by atoms with Gasteiger partial charge in [-0.3, -0.25) is 9.59 Å². The van der Waals surface area contributed by atoms with Crippen LogP contribution < -0.4 is 10.1 Å². The minimum Gasteiger partial charge on any atom is -0.494 e. The molecule has 0 unspecified atom stereocenters. The van der Waals surface area contributed by atoms with Crippen molar-refractivity contribution in [1.82, 2.24) is 0 Å². The fraction of sp³-hybridized carbons (Fsp3) is 0.263. The van der Waals surface area contributed by atoms with Crippen molar-refractivity contribution < 1.29 is 19.1 Å². The Hall–Kier alpha value is -2.34. The third kappa shape index (κ3) is 6.97. The van der Waals surface area contributed by atoms with Gasteiger partial charge in [0.15, 0.2) is 6.61 Å². The molecule has 2 rings (SSSR count). The number of carbonyl (C=O) groups is 2. The summed E-state index contributed by atoms with van der Waals surface area (Å²) in [5, 5.41) is 2.68. The normalized spacial score (nSPS) is 10.2. The molecule has 2 aromatic carbocycles. The molecule has 0 spiro atoms. The van der Waals surface area contributed by atoms with Crippen LogP contribution in [0.2, 0.25) is 0 Å². The summed E-state index contributed by atoms with van der Waals surface area (Å²) in [5.74, 6) is -0.0268. The first kappa shape index (κ1) is 19.0. The number of nitrogens with one attached hydrogen (secondary N) is 1. The van der Waals surface area contributed by atoms with Crippen LogP contribution in [-0.2, 0) is 14.3 Å². The average molecular weight is 406 g/mol. The number of carbonyl (C=O) groups excluding carboxylic acids is 2. The Morgan fingerprint density at radius 2 is 1.88 bits per heavy atom. The summed E-state index contributed by atoms with van der Waals surface area (Å²) in [4.78, 5) is 23.4. The number of halogens is 1. The quantitative estimate of drug-likeness (QED) is 0.530. The molecule has 0 atom stereocenters. The second-order valence-electron chi connectivity index (χ2n) is 5.44. The second kappa shape index (κ2) is 9.84. The Balaban J connectivity index is 1.62. The molecule has 1 amide bonds. The van der Waals surface area contributed by atoms with E-state index in [0.717, 1.165) is 15.8 Å². The molecule has 1 N–H and O–H groups in total. The monoisotopic (exact) mass is 405 g/mol. The lowest BCUT2D eigenvalue weighted by Crippen LogP contribution is -2.21. The van der Waals surface area contributed by atoms with Gasteiger partial charge in [-0.15, -0.1) is 0 Å². The summed E-state index contributed by atoms with van der Waals surface area (Å²) in [7, 11) is 0. The van der Waals surface area contributed by atoms with Gasteiger partial charge in [0.25, 0.3) is 5.91 Å². The number of hydrogen-bond donors (Lipinski definition) is 1. The van der Waals surface area contributed by atoms with E-state index >= 15 is 0 Å². The number of benzene rings is 2. The number of aryl methyl sites for hydroxylation is 1. The zero-order valence-electron chi connectivity index (χ0n) is 14.0. The fourth-order valence-electron chi connectivity index (χ4n) is 2.01. The summed E-state index contributed by atoms with van der Waals surface area (Å²) in [6, 6.07) is 14.9. The van der Waals surface area contributed by atoms with Crippen molar-refractivity contribution in [1.29, 1.82) is 0 Å². The Kier molecular flexibility index (Phi) is 7.47. The molecular weight excluding hydrogens is 386 g/mol. The van der Waals surface area contributed by atoms with Gasteiger partial charge < -0.3 is 14.8 Å². The summed E-state index contributed by atoms with van der Waals surface area (Å²) < 4.78 is 11.4. The van der Waals surface area contributed by atoms with E-state index in [1.165, 1.54) is 0 Å². The van der Waals surface area contributed by atoms with Crippen LogP contribution in [0.15, 0.2) is 53.0 Å². The maximum absolute atomic E-state index is 11.8. The highest BCUT2D eigenvalue weighted by Crippen LogP contribution is 2.20. The molecule has 0 bridgehead atoms. The van der Waals surface area contributed by atoms with Crippen molar-refractivity contribution in [3.8, 4) is 5.75 Å². The largest absolute Gasteiger partial charge is 0.494 e. The van der Waals surface area contributed by atoms with Gasteiger partial charge in [-0.2, -0.15) is 0 Å². The highest BCUT2D eigenvalue weighted by atomic mass is 79.9. The molecule has 0 saturated carbocycles. The van der Waals surface area contributed by atoms with E-state index in [1.807, 2.05) is 43.3 Å². The van der Waals surface area contributed by atoms with Crippen LogP contribution >= 0.6 is 15.9 Å². The standard InChI is InChI=1S/C19H20BrNO4/c1-14-9-10-15(12-17(14)20)21-18(22)13-25-19(23)8-5-11-24-16-6-3-2-4-7-16/h2-4,6-7,9-10,12H,5,8,11,13H2,1H3,(H,21,22). The molecule has 0 aliphatic heterocycles.